The Labute approximate surface area is 161 Å². The predicted molar refractivity (Wildman–Crippen MR) is 103 cm³/mol. The molecule has 146 valence electrons. The average Bonchev–Trinajstić information content (AvgIpc) is 2.70. The molecule has 2 aromatic carbocycles. The van der Waals surface area contributed by atoms with Gasteiger partial charge in [-0.2, -0.15) is 0 Å². The summed E-state index contributed by atoms with van der Waals surface area (Å²) in [6.45, 7) is 2.39. The minimum atomic E-state index is -0.374. The van der Waals surface area contributed by atoms with Gasteiger partial charge in [0.1, 0.15) is 29.8 Å². The third-order valence-corrected chi connectivity index (χ3v) is 4.38. The SMILES string of the molecule is O=c1ccc2ccc(OCCCNCC3COc4ccc(O)cc4O3)cc2o1. The van der Waals surface area contributed by atoms with Crippen LogP contribution in [0.25, 0.3) is 11.0 Å². The molecule has 0 amide bonds. The molecule has 1 aliphatic heterocycles. The molecule has 28 heavy (non-hydrogen) atoms. The monoisotopic (exact) mass is 383 g/mol. The van der Waals surface area contributed by atoms with Crippen molar-refractivity contribution >= 4 is 11.0 Å². The van der Waals surface area contributed by atoms with Crippen molar-refractivity contribution in [3.63, 3.8) is 0 Å². The van der Waals surface area contributed by atoms with E-state index in [0.717, 1.165) is 18.4 Å². The fraction of sp³-hybridized carbons (Fsp3) is 0.286. The van der Waals surface area contributed by atoms with E-state index in [2.05, 4.69) is 5.32 Å². The van der Waals surface area contributed by atoms with Crippen LogP contribution >= 0.6 is 0 Å². The van der Waals surface area contributed by atoms with Crippen molar-refractivity contribution in [2.75, 3.05) is 26.3 Å². The summed E-state index contributed by atoms with van der Waals surface area (Å²) in [5.41, 5.74) is 0.143. The zero-order chi connectivity index (χ0) is 19.3. The molecule has 3 aromatic rings. The lowest BCUT2D eigenvalue weighted by Gasteiger charge is -2.26. The number of hydrogen-bond donors (Lipinski definition) is 2. The van der Waals surface area contributed by atoms with Crippen LogP contribution in [-0.4, -0.2) is 37.5 Å². The Hall–Kier alpha value is -3.19. The zero-order valence-corrected chi connectivity index (χ0v) is 15.2. The normalized spacial score (nSPS) is 15.5. The van der Waals surface area contributed by atoms with Gasteiger partial charge in [-0.05, 0) is 43.3 Å². The summed E-state index contributed by atoms with van der Waals surface area (Å²) >= 11 is 0. The maximum absolute atomic E-state index is 11.3. The first-order valence-corrected chi connectivity index (χ1v) is 9.17. The fourth-order valence-corrected chi connectivity index (χ4v) is 2.99. The minimum Gasteiger partial charge on any atom is -0.508 e. The van der Waals surface area contributed by atoms with Crippen LogP contribution in [0.4, 0.5) is 0 Å². The molecule has 1 aromatic heterocycles. The second-order valence-corrected chi connectivity index (χ2v) is 6.54. The van der Waals surface area contributed by atoms with Crippen LogP contribution in [0, 0.1) is 0 Å². The summed E-state index contributed by atoms with van der Waals surface area (Å²) in [6.07, 6.45) is 0.695. The molecule has 0 bridgehead atoms. The van der Waals surface area contributed by atoms with E-state index >= 15 is 0 Å². The molecule has 0 saturated heterocycles. The summed E-state index contributed by atoms with van der Waals surface area (Å²) in [6, 6.07) is 13.4. The van der Waals surface area contributed by atoms with Gasteiger partial charge in [0.2, 0.25) is 0 Å². The Kier molecular flexibility index (Phi) is 5.34. The smallest absolute Gasteiger partial charge is 0.336 e. The van der Waals surface area contributed by atoms with Crippen LogP contribution < -0.4 is 25.2 Å². The Morgan fingerprint density at radius 2 is 2.00 bits per heavy atom. The summed E-state index contributed by atoms with van der Waals surface area (Å²) in [4.78, 5) is 11.3. The standard InChI is InChI=1S/C21H21NO6/c23-15-4-6-18-20(10-15)27-17(13-26-18)12-22-8-1-9-25-16-5-2-14-3-7-21(24)28-19(14)11-16/h2-7,10-11,17,22-23H,1,8-9,12-13H2. The first kappa shape index (κ1) is 18.2. The molecule has 7 nitrogen and oxygen atoms in total. The van der Waals surface area contributed by atoms with Crippen molar-refractivity contribution in [1.29, 1.82) is 0 Å². The van der Waals surface area contributed by atoms with Crippen molar-refractivity contribution in [1.82, 2.24) is 5.32 Å². The number of aromatic hydroxyl groups is 1. The highest BCUT2D eigenvalue weighted by atomic mass is 16.6. The maximum Gasteiger partial charge on any atom is 0.336 e. The van der Waals surface area contributed by atoms with Gasteiger partial charge in [0.15, 0.2) is 11.5 Å². The molecular weight excluding hydrogens is 362 g/mol. The largest absolute Gasteiger partial charge is 0.508 e. The number of fused-ring (bicyclic) bond motifs is 2. The Morgan fingerprint density at radius 3 is 2.93 bits per heavy atom. The molecule has 2 N–H and O–H groups in total. The molecule has 1 unspecified atom stereocenters. The quantitative estimate of drug-likeness (QED) is 0.479. The second kappa shape index (κ2) is 8.22. The lowest BCUT2D eigenvalue weighted by atomic mass is 10.2. The van der Waals surface area contributed by atoms with Crippen LogP contribution in [0.15, 0.2) is 57.7 Å². The zero-order valence-electron chi connectivity index (χ0n) is 15.2. The van der Waals surface area contributed by atoms with Gasteiger partial charge in [-0.1, -0.05) is 0 Å². The molecule has 0 fully saturated rings. The van der Waals surface area contributed by atoms with Gasteiger partial charge < -0.3 is 29.1 Å². The fourth-order valence-electron chi connectivity index (χ4n) is 2.99. The highest BCUT2D eigenvalue weighted by Crippen LogP contribution is 2.34. The Balaban J connectivity index is 1.18. The van der Waals surface area contributed by atoms with Gasteiger partial charge in [0.25, 0.3) is 0 Å². The van der Waals surface area contributed by atoms with E-state index in [1.54, 1.807) is 30.3 Å². The van der Waals surface area contributed by atoms with Crippen LogP contribution in [0.3, 0.4) is 0 Å². The molecule has 0 spiro atoms. The molecule has 0 radical (unpaired) electrons. The van der Waals surface area contributed by atoms with Crippen LogP contribution in [0.5, 0.6) is 23.0 Å². The topological polar surface area (TPSA) is 90.2 Å². The summed E-state index contributed by atoms with van der Waals surface area (Å²) < 4.78 is 22.3. The van der Waals surface area contributed by atoms with Crippen molar-refractivity contribution in [3.05, 3.63) is 59.0 Å². The van der Waals surface area contributed by atoms with E-state index in [1.165, 1.54) is 6.07 Å². The number of hydrogen-bond acceptors (Lipinski definition) is 7. The van der Waals surface area contributed by atoms with Crippen molar-refractivity contribution in [3.8, 4) is 23.0 Å². The van der Waals surface area contributed by atoms with Gasteiger partial charge in [-0.3, -0.25) is 0 Å². The first-order chi connectivity index (χ1) is 13.7. The van der Waals surface area contributed by atoms with Crippen molar-refractivity contribution in [2.24, 2.45) is 0 Å². The molecule has 4 rings (SSSR count). The second-order valence-electron chi connectivity index (χ2n) is 6.54. The predicted octanol–water partition coefficient (Wildman–Crippen LogP) is 2.70. The lowest BCUT2D eigenvalue weighted by molar-refractivity contribution is 0.0898. The Bertz CT molecular complexity index is 1020. The molecule has 7 heteroatoms. The molecular formula is C21H21NO6. The van der Waals surface area contributed by atoms with E-state index in [4.69, 9.17) is 18.6 Å². The molecule has 1 aliphatic rings. The summed E-state index contributed by atoms with van der Waals surface area (Å²) in [5.74, 6) is 2.03. The highest BCUT2D eigenvalue weighted by Gasteiger charge is 2.20. The maximum atomic E-state index is 11.3. The van der Waals surface area contributed by atoms with Crippen molar-refractivity contribution in [2.45, 2.75) is 12.5 Å². The van der Waals surface area contributed by atoms with E-state index < -0.39 is 0 Å². The summed E-state index contributed by atoms with van der Waals surface area (Å²) in [5, 5.41) is 13.7. The number of ether oxygens (including phenoxy) is 3. The lowest BCUT2D eigenvalue weighted by Crippen LogP contribution is -2.39. The first-order valence-electron chi connectivity index (χ1n) is 9.17. The Morgan fingerprint density at radius 1 is 1.11 bits per heavy atom. The van der Waals surface area contributed by atoms with Gasteiger partial charge >= 0.3 is 5.63 Å². The third kappa shape index (κ3) is 4.37. The molecule has 1 atom stereocenters. The van der Waals surface area contributed by atoms with E-state index in [0.29, 0.717) is 42.6 Å². The van der Waals surface area contributed by atoms with E-state index in [-0.39, 0.29) is 17.5 Å². The number of phenolic OH excluding ortho intramolecular Hbond substituents is 1. The molecule has 0 aliphatic carbocycles. The summed E-state index contributed by atoms with van der Waals surface area (Å²) in [7, 11) is 0. The van der Waals surface area contributed by atoms with Crippen LogP contribution in [0.1, 0.15) is 6.42 Å². The van der Waals surface area contributed by atoms with Crippen molar-refractivity contribution < 1.29 is 23.7 Å². The molecule has 2 heterocycles. The van der Waals surface area contributed by atoms with Gasteiger partial charge in [-0.15, -0.1) is 0 Å². The third-order valence-electron chi connectivity index (χ3n) is 4.38. The van der Waals surface area contributed by atoms with Gasteiger partial charge in [-0.25, -0.2) is 4.79 Å². The number of phenols is 1. The average molecular weight is 383 g/mol. The van der Waals surface area contributed by atoms with E-state index in [1.807, 2.05) is 12.1 Å². The van der Waals surface area contributed by atoms with Crippen LogP contribution in [0.2, 0.25) is 0 Å². The number of nitrogens with one attached hydrogen (secondary N) is 1. The minimum absolute atomic E-state index is 0.112. The molecule has 0 saturated carbocycles. The highest BCUT2D eigenvalue weighted by molar-refractivity contribution is 5.77. The van der Waals surface area contributed by atoms with Crippen LogP contribution in [-0.2, 0) is 0 Å². The number of rotatable bonds is 7. The number of benzene rings is 2. The van der Waals surface area contributed by atoms with Gasteiger partial charge in [0.05, 0.1) is 6.61 Å². The van der Waals surface area contributed by atoms with E-state index in [9.17, 15) is 9.90 Å². The van der Waals surface area contributed by atoms with Gasteiger partial charge in [0, 0.05) is 30.1 Å².